The molecular formula is C33H29F3N2O. The highest BCUT2D eigenvalue weighted by Gasteiger charge is 2.32. The van der Waals surface area contributed by atoms with Crippen molar-refractivity contribution >= 4 is 16.8 Å². The van der Waals surface area contributed by atoms with Gasteiger partial charge in [0.1, 0.15) is 0 Å². The van der Waals surface area contributed by atoms with Crippen molar-refractivity contribution in [2.24, 2.45) is 0 Å². The van der Waals surface area contributed by atoms with Crippen molar-refractivity contribution in [1.82, 2.24) is 9.88 Å². The second kappa shape index (κ2) is 11.2. The van der Waals surface area contributed by atoms with Crippen molar-refractivity contribution < 1.29 is 18.0 Å². The number of rotatable bonds is 8. The highest BCUT2D eigenvalue weighted by Crippen LogP contribution is 2.38. The van der Waals surface area contributed by atoms with E-state index in [0.717, 1.165) is 33.7 Å². The number of amides is 1. The van der Waals surface area contributed by atoms with Crippen molar-refractivity contribution in [1.29, 1.82) is 0 Å². The van der Waals surface area contributed by atoms with Crippen LogP contribution >= 0.6 is 0 Å². The third-order valence-electron chi connectivity index (χ3n) is 7.01. The smallest absolute Gasteiger partial charge is 0.352 e. The number of alkyl halides is 3. The Labute approximate surface area is 225 Å². The number of para-hydroxylation sites is 1. The summed E-state index contributed by atoms with van der Waals surface area (Å²) >= 11 is 0. The summed E-state index contributed by atoms with van der Waals surface area (Å²) in [5, 5.41) is 3.87. The lowest BCUT2D eigenvalue weighted by Crippen LogP contribution is -2.25. The maximum Gasteiger partial charge on any atom is 0.416 e. The summed E-state index contributed by atoms with van der Waals surface area (Å²) in [4.78, 5) is 13.2. The Hall–Kier alpha value is -4.32. The predicted molar refractivity (Wildman–Crippen MR) is 148 cm³/mol. The standard InChI is InChI=1S/C33H29F3N2O/c1-23-14-16-25(17-15-23)21-38-22-30(28-12-5-6-13-31(28)38)29(26-10-7-11-27(18-26)33(34,35)36)19-32(39)37-20-24-8-3-2-4-9-24/h2-18,22,29H,19-21H2,1H3,(H,37,39)/t29-/m0/s1. The van der Waals surface area contributed by atoms with Gasteiger partial charge in [0.15, 0.2) is 0 Å². The van der Waals surface area contributed by atoms with Crippen LogP contribution in [0.5, 0.6) is 0 Å². The summed E-state index contributed by atoms with van der Waals surface area (Å²) in [6.07, 6.45) is -2.47. The predicted octanol–water partition coefficient (Wildman–Crippen LogP) is 7.86. The zero-order valence-corrected chi connectivity index (χ0v) is 21.6. The summed E-state index contributed by atoms with van der Waals surface area (Å²) in [7, 11) is 0. The minimum Gasteiger partial charge on any atom is -0.352 e. The molecule has 0 aliphatic heterocycles. The Morgan fingerprint density at radius 1 is 0.846 bits per heavy atom. The highest BCUT2D eigenvalue weighted by molar-refractivity contribution is 5.87. The first-order valence-electron chi connectivity index (χ1n) is 12.9. The number of nitrogens with zero attached hydrogens (tertiary/aromatic N) is 1. The lowest BCUT2D eigenvalue weighted by molar-refractivity contribution is -0.137. The van der Waals surface area contributed by atoms with Crippen LogP contribution in [0.3, 0.4) is 0 Å². The van der Waals surface area contributed by atoms with Gasteiger partial charge in [-0.15, -0.1) is 0 Å². The molecule has 0 spiro atoms. The molecule has 1 aromatic heterocycles. The normalized spacial score (nSPS) is 12.4. The van der Waals surface area contributed by atoms with E-state index in [1.807, 2.05) is 67.7 Å². The second-order valence-corrected chi connectivity index (χ2v) is 9.86. The van der Waals surface area contributed by atoms with E-state index in [4.69, 9.17) is 0 Å². The van der Waals surface area contributed by atoms with E-state index < -0.39 is 17.7 Å². The summed E-state index contributed by atoms with van der Waals surface area (Å²) < 4.78 is 43.1. The number of carbonyl (C=O) groups is 1. The molecule has 0 bridgehead atoms. The summed E-state index contributed by atoms with van der Waals surface area (Å²) in [5.41, 5.74) is 4.76. The van der Waals surface area contributed by atoms with E-state index in [0.29, 0.717) is 18.7 Å². The van der Waals surface area contributed by atoms with Crippen molar-refractivity contribution in [3.8, 4) is 0 Å². The van der Waals surface area contributed by atoms with Crippen LogP contribution in [-0.4, -0.2) is 10.5 Å². The molecule has 5 rings (SSSR count). The third kappa shape index (κ3) is 6.23. The minimum absolute atomic E-state index is 0.0205. The number of carbonyl (C=O) groups excluding carboxylic acids is 1. The first-order chi connectivity index (χ1) is 18.8. The molecule has 0 saturated heterocycles. The molecule has 1 N–H and O–H groups in total. The van der Waals surface area contributed by atoms with Gasteiger partial charge in [-0.25, -0.2) is 0 Å². The largest absolute Gasteiger partial charge is 0.416 e. The second-order valence-electron chi connectivity index (χ2n) is 9.86. The van der Waals surface area contributed by atoms with Gasteiger partial charge < -0.3 is 9.88 Å². The van der Waals surface area contributed by atoms with Crippen LogP contribution in [0.2, 0.25) is 0 Å². The van der Waals surface area contributed by atoms with Crippen molar-refractivity contribution in [2.45, 2.75) is 38.5 Å². The number of benzene rings is 4. The Morgan fingerprint density at radius 2 is 1.56 bits per heavy atom. The van der Waals surface area contributed by atoms with Gasteiger partial charge >= 0.3 is 6.18 Å². The molecule has 0 aliphatic carbocycles. The Kier molecular flexibility index (Phi) is 7.55. The van der Waals surface area contributed by atoms with Crippen molar-refractivity contribution in [3.05, 3.63) is 143 Å². The molecule has 39 heavy (non-hydrogen) atoms. The molecule has 0 saturated carbocycles. The molecule has 5 aromatic rings. The Balaban J connectivity index is 1.53. The molecule has 1 amide bonds. The molecule has 0 radical (unpaired) electrons. The maximum absolute atomic E-state index is 13.6. The molecule has 3 nitrogen and oxygen atoms in total. The monoisotopic (exact) mass is 526 g/mol. The topological polar surface area (TPSA) is 34.0 Å². The van der Waals surface area contributed by atoms with E-state index in [-0.39, 0.29) is 12.3 Å². The average Bonchev–Trinajstić information content (AvgIpc) is 3.30. The number of aromatic nitrogens is 1. The van der Waals surface area contributed by atoms with Crippen LogP contribution in [0.1, 0.15) is 45.7 Å². The van der Waals surface area contributed by atoms with Crippen LogP contribution in [0.15, 0.2) is 109 Å². The maximum atomic E-state index is 13.6. The van der Waals surface area contributed by atoms with Gasteiger partial charge in [-0.05, 0) is 41.3 Å². The molecule has 6 heteroatoms. The molecular weight excluding hydrogens is 497 g/mol. The SMILES string of the molecule is Cc1ccc(Cn2cc([C@@H](CC(=O)NCc3ccccc3)c3cccc(C(F)(F)F)c3)c3ccccc32)cc1. The zero-order chi connectivity index (χ0) is 27.4. The number of hydrogen-bond donors (Lipinski definition) is 1. The summed E-state index contributed by atoms with van der Waals surface area (Å²) in [6, 6.07) is 31.0. The molecule has 4 aromatic carbocycles. The third-order valence-corrected chi connectivity index (χ3v) is 7.01. The highest BCUT2D eigenvalue weighted by atomic mass is 19.4. The number of nitrogens with one attached hydrogen (secondary N) is 1. The average molecular weight is 527 g/mol. The van der Waals surface area contributed by atoms with Crippen LogP contribution in [0.4, 0.5) is 13.2 Å². The molecule has 0 aliphatic rings. The first-order valence-corrected chi connectivity index (χ1v) is 12.9. The zero-order valence-electron chi connectivity index (χ0n) is 21.6. The van der Waals surface area contributed by atoms with E-state index in [2.05, 4.69) is 34.1 Å². The summed E-state index contributed by atoms with van der Waals surface area (Å²) in [6.45, 7) is 3.00. The molecule has 198 valence electrons. The van der Waals surface area contributed by atoms with Gasteiger partial charge in [-0.3, -0.25) is 4.79 Å². The van der Waals surface area contributed by atoms with Gasteiger partial charge in [-0.1, -0.05) is 96.6 Å². The minimum atomic E-state index is -4.48. The van der Waals surface area contributed by atoms with Crippen molar-refractivity contribution in [3.63, 3.8) is 0 Å². The molecule has 1 atom stereocenters. The first kappa shape index (κ1) is 26.3. The quantitative estimate of drug-likeness (QED) is 0.219. The van der Waals surface area contributed by atoms with Crippen LogP contribution in [0, 0.1) is 6.92 Å². The van der Waals surface area contributed by atoms with Gasteiger partial charge in [-0.2, -0.15) is 13.2 Å². The van der Waals surface area contributed by atoms with E-state index >= 15 is 0 Å². The van der Waals surface area contributed by atoms with E-state index in [1.165, 1.54) is 17.7 Å². The van der Waals surface area contributed by atoms with Crippen LogP contribution < -0.4 is 5.32 Å². The number of aryl methyl sites for hydroxylation is 1. The Bertz CT molecular complexity index is 1570. The molecule has 1 heterocycles. The lowest BCUT2D eigenvalue weighted by atomic mass is 9.87. The van der Waals surface area contributed by atoms with Gasteiger partial charge in [0.05, 0.1) is 5.56 Å². The fourth-order valence-corrected chi connectivity index (χ4v) is 4.97. The van der Waals surface area contributed by atoms with Gasteiger partial charge in [0.25, 0.3) is 0 Å². The van der Waals surface area contributed by atoms with Gasteiger partial charge in [0.2, 0.25) is 5.91 Å². The molecule has 0 fully saturated rings. The van der Waals surface area contributed by atoms with Crippen LogP contribution in [0.25, 0.3) is 10.9 Å². The van der Waals surface area contributed by atoms with E-state index in [9.17, 15) is 18.0 Å². The Morgan fingerprint density at radius 3 is 2.31 bits per heavy atom. The number of hydrogen-bond acceptors (Lipinski definition) is 1. The van der Waals surface area contributed by atoms with Crippen LogP contribution in [-0.2, 0) is 24.1 Å². The lowest BCUT2D eigenvalue weighted by Gasteiger charge is -2.19. The van der Waals surface area contributed by atoms with E-state index in [1.54, 1.807) is 6.07 Å². The molecule has 0 unspecified atom stereocenters. The number of halogens is 3. The van der Waals surface area contributed by atoms with Crippen molar-refractivity contribution in [2.75, 3.05) is 0 Å². The van der Waals surface area contributed by atoms with Gasteiger partial charge in [0, 0.05) is 42.5 Å². The fourth-order valence-electron chi connectivity index (χ4n) is 4.97. The number of fused-ring (bicyclic) bond motifs is 1. The summed E-state index contributed by atoms with van der Waals surface area (Å²) in [5.74, 6) is -0.788. The fraction of sp³-hybridized carbons (Fsp3) is 0.182.